The van der Waals surface area contributed by atoms with Gasteiger partial charge in [-0.1, -0.05) is 12.8 Å². The summed E-state index contributed by atoms with van der Waals surface area (Å²) in [5.74, 6) is -1.65. The molecule has 0 aromatic rings. The molecule has 3 fully saturated rings. The van der Waals surface area contributed by atoms with Crippen LogP contribution in [0.2, 0.25) is 0 Å². The number of carbonyl (C=O) groups excluding carboxylic acids is 3. The Morgan fingerprint density at radius 2 is 1.27 bits per heavy atom. The molecule has 0 aromatic heterocycles. The number of rotatable bonds is 28. The molecule has 3 aliphatic rings. The highest BCUT2D eigenvalue weighted by Crippen LogP contribution is 2.31. The van der Waals surface area contributed by atoms with Crippen molar-refractivity contribution in [3.05, 3.63) is 0 Å². The molecule has 368 valence electrons. The molecule has 0 aliphatic carbocycles. The van der Waals surface area contributed by atoms with Gasteiger partial charge in [0.1, 0.15) is 79.0 Å². The van der Waals surface area contributed by atoms with Gasteiger partial charge >= 0.3 is 0 Å². The summed E-state index contributed by atoms with van der Waals surface area (Å²) in [6, 6.07) is -0.516. The Balaban J connectivity index is 1.46. The highest BCUT2D eigenvalue weighted by molar-refractivity contribution is 7.89. The van der Waals surface area contributed by atoms with Crippen molar-refractivity contribution in [1.82, 2.24) is 20.9 Å². The molecule has 0 spiro atoms. The Morgan fingerprint density at radius 3 is 1.89 bits per heavy atom. The van der Waals surface area contributed by atoms with Crippen LogP contribution >= 0.6 is 0 Å². The zero-order valence-electron chi connectivity index (χ0n) is 35.0. The van der Waals surface area contributed by atoms with E-state index in [4.69, 9.17) is 34.2 Å². The van der Waals surface area contributed by atoms with Crippen molar-refractivity contribution in [2.75, 3.05) is 51.8 Å². The Bertz CT molecular complexity index is 1490. The van der Waals surface area contributed by atoms with Crippen LogP contribution in [0.3, 0.4) is 0 Å². The molecule has 0 saturated carbocycles. The lowest BCUT2D eigenvalue weighted by Crippen LogP contribution is -2.65. The van der Waals surface area contributed by atoms with Crippen LogP contribution in [0.4, 0.5) is 0 Å². The normalized spacial score (nSPS) is 34.3. The van der Waals surface area contributed by atoms with Gasteiger partial charge in [-0.25, -0.2) is 18.6 Å². The fraction of sp³-hybridized carbons (Fsp3) is 0.917. The maximum absolute atomic E-state index is 12.5. The summed E-state index contributed by atoms with van der Waals surface area (Å²) in [5, 5.41) is 105. The molecule has 3 saturated heterocycles. The maximum Gasteiger partial charge on any atom is 0.234 e. The summed E-state index contributed by atoms with van der Waals surface area (Å²) in [6.07, 6.45) is -22.7. The minimum Gasteiger partial charge on any atom is -0.394 e. The average Bonchev–Trinajstić information content (AvgIpc) is 3.25. The first-order valence-corrected chi connectivity index (χ1v) is 22.5. The fourth-order valence-corrected chi connectivity index (χ4v) is 7.79. The standard InChI is InChI=1S/C36H67N5O21S/c1-18(44)19(7-4-5-10-37)40-41-24(46)8-3-2-6-11-39-63(55,56)14-9-23(45)38-12-13-57-35-32(54)33(62-36-31(53)29(51)26(48)21(16-43)60-36)27(49)22(61-35)17-58-34-30(52)28(50)25(47)20(15-42)59-34/h19-22,25-36,39-40,42-43,47-54H,2-17,37H2,1H3,(H,38,45)(H,41,46)/t19-,20+,21+,22+,25+,26+,27+,28-,29-,30-,31-,32-,33-,34-,35+,36+/m0/s1. The third-order valence-corrected chi connectivity index (χ3v) is 12.0. The fourth-order valence-electron chi connectivity index (χ4n) is 6.74. The van der Waals surface area contributed by atoms with Gasteiger partial charge in [-0.2, -0.15) is 0 Å². The molecular weight excluding hydrogens is 870 g/mol. The van der Waals surface area contributed by atoms with E-state index in [9.17, 15) is 73.9 Å². The second-order valence-corrected chi connectivity index (χ2v) is 17.4. The van der Waals surface area contributed by atoms with Crippen LogP contribution in [0.15, 0.2) is 0 Å². The Morgan fingerprint density at radius 1 is 0.667 bits per heavy atom. The van der Waals surface area contributed by atoms with Crippen LogP contribution in [-0.2, 0) is 52.8 Å². The molecule has 63 heavy (non-hydrogen) atoms. The summed E-state index contributed by atoms with van der Waals surface area (Å²) in [4.78, 5) is 36.4. The van der Waals surface area contributed by atoms with Crippen molar-refractivity contribution in [3.63, 3.8) is 0 Å². The molecule has 3 aliphatic heterocycles. The Hall–Kier alpha value is -2.20. The van der Waals surface area contributed by atoms with E-state index in [1.54, 1.807) is 0 Å². The van der Waals surface area contributed by atoms with Crippen molar-refractivity contribution in [2.45, 2.75) is 156 Å². The number of hydrazine groups is 1. The van der Waals surface area contributed by atoms with Crippen molar-refractivity contribution in [1.29, 1.82) is 0 Å². The van der Waals surface area contributed by atoms with Crippen LogP contribution in [0, 0.1) is 0 Å². The largest absolute Gasteiger partial charge is 0.394 e. The Labute approximate surface area is 364 Å². The van der Waals surface area contributed by atoms with Gasteiger partial charge in [0, 0.05) is 25.9 Å². The van der Waals surface area contributed by atoms with Gasteiger partial charge in [0.05, 0.1) is 38.2 Å². The summed E-state index contributed by atoms with van der Waals surface area (Å²) in [7, 11) is -3.85. The van der Waals surface area contributed by atoms with Crippen LogP contribution in [0.25, 0.3) is 0 Å². The van der Waals surface area contributed by atoms with Gasteiger partial charge in [-0.05, 0) is 39.2 Å². The highest BCUT2D eigenvalue weighted by atomic mass is 32.2. The summed E-state index contributed by atoms with van der Waals surface area (Å²) >= 11 is 0. The molecule has 0 bridgehead atoms. The van der Waals surface area contributed by atoms with Gasteiger partial charge < -0.3 is 90.5 Å². The molecule has 3 rings (SSSR count). The lowest BCUT2D eigenvalue weighted by atomic mass is 9.96. The smallest absolute Gasteiger partial charge is 0.234 e. The zero-order valence-corrected chi connectivity index (χ0v) is 35.8. The second-order valence-electron chi connectivity index (χ2n) is 15.5. The number of aliphatic hydroxyl groups excluding tert-OH is 10. The second kappa shape index (κ2) is 27.4. The maximum atomic E-state index is 12.5. The number of sulfonamides is 1. The number of aliphatic hydroxyl groups is 10. The third kappa shape index (κ3) is 17.2. The number of ketones is 1. The number of ether oxygens (including phenoxy) is 6. The average molecular weight is 938 g/mol. The van der Waals surface area contributed by atoms with E-state index in [1.165, 1.54) is 6.92 Å². The van der Waals surface area contributed by atoms with E-state index in [-0.39, 0.29) is 37.8 Å². The van der Waals surface area contributed by atoms with Gasteiger partial charge in [0.2, 0.25) is 21.8 Å². The molecule has 0 radical (unpaired) electrons. The Kier molecular flexibility index (Phi) is 24.0. The molecular formula is C36H67N5O21S. The first kappa shape index (κ1) is 55.1. The molecule has 16 atom stereocenters. The van der Waals surface area contributed by atoms with Crippen LogP contribution in [0.5, 0.6) is 0 Å². The minimum atomic E-state index is -3.85. The van der Waals surface area contributed by atoms with Crippen molar-refractivity contribution < 1.29 is 102 Å². The van der Waals surface area contributed by atoms with E-state index in [1.807, 2.05) is 0 Å². The number of carbonyl (C=O) groups is 3. The van der Waals surface area contributed by atoms with Crippen molar-refractivity contribution in [3.8, 4) is 0 Å². The van der Waals surface area contributed by atoms with E-state index in [0.29, 0.717) is 32.2 Å². The first-order chi connectivity index (χ1) is 29.8. The van der Waals surface area contributed by atoms with Gasteiger partial charge in [0.15, 0.2) is 18.9 Å². The van der Waals surface area contributed by atoms with Crippen LogP contribution in [-0.4, -0.2) is 227 Å². The number of hydrogen-bond donors (Lipinski definition) is 15. The summed E-state index contributed by atoms with van der Waals surface area (Å²) in [5.41, 5.74) is 10.7. The van der Waals surface area contributed by atoms with Crippen LogP contribution in [0.1, 0.15) is 58.3 Å². The minimum absolute atomic E-state index is 0.0687. The molecule has 3 heterocycles. The van der Waals surface area contributed by atoms with E-state index >= 15 is 0 Å². The zero-order chi connectivity index (χ0) is 46.9. The predicted octanol–water partition coefficient (Wildman–Crippen LogP) is -7.86. The lowest BCUT2D eigenvalue weighted by Gasteiger charge is -2.46. The predicted molar refractivity (Wildman–Crippen MR) is 212 cm³/mol. The molecule has 2 amide bonds. The van der Waals surface area contributed by atoms with E-state index in [2.05, 4.69) is 20.9 Å². The van der Waals surface area contributed by atoms with Gasteiger partial charge in [0.25, 0.3) is 0 Å². The number of nitrogens with two attached hydrogens (primary N) is 1. The van der Waals surface area contributed by atoms with Crippen molar-refractivity contribution >= 4 is 27.6 Å². The summed E-state index contributed by atoms with van der Waals surface area (Å²) < 4.78 is 60.4. The molecule has 0 aromatic carbocycles. The van der Waals surface area contributed by atoms with Gasteiger partial charge in [-0.15, -0.1) is 0 Å². The van der Waals surface area contributed by atoms with E-state index < -0.39 is 146 Å². The quantitative estimate of drug-likeness (QED) is 0.0256. The lowest BCUT2D eigenvalue weighted by molar-refractivity contribution is -0.366. The number of Topliss-reactive ketones (excluding diaryl/α,β-unsaturated/α-hetero) is 1. The molecule has 0 unspecified atom stereocenters. The number of hydrogen-bond acceptors (Lipinski definition) is 23. The number of amides is 2. The number of nitrogens with one attached hydrogen (secondary N) is 4. The topological polar surface area (TPSA) is 417 Å². The molecule has 16 N–H and O–H groups in total. The summed E-state index contributed by atoms with van der Waals surface area (Å²) in [6.45, 7) is -0.872. The monoisotopic (exact) mass is 937 g/mol. The third-order valence-electron chi connectivity index (χ3n) is 10.6. The molecule has 27 heteroatoms. The van der Waals surface area contributed by atoms with E-state index in [0.717, 1.165) is 12.8 Å². The SMILES string of the molecule is CC(=O)[C@H](CCCCN)NNC(=O)CCCCCNS(=O)(=O)CCC(=O)NCCO[C@@H]1O[C@H](CO[C@H]2O[C@H](CO)[C@@H](O)[C@H](O)[C@@H]2O)[C@@H](O)[C@H](O[C@H]2O[C@H](CO)[C@@H](O)[C@H](O)[C@@H]2O)[C@@H]1O. The van der Waals surface area contributed by atoms with Gasteiger partial charge in [-0.3, -0.25) is 19.8 Å². The number of unbranched alkanes of at least 4 members (excludes halogenated alkanes) is 3. The van der Waals surface area contributed by atoms with Crippen LogP contribution < -0.4 is 26.6 Å². The first-order valence-electron chi connectivity index (χ1n) is 20.9. The molecule has 26 nitrogen and oxygen atoms in total. The highest BCUT2D eigenvalue weighted by Gasteiger charge is 2.52. The van der Waals surface area contributed by atoms with Crippen molar-refractivity contribution in [2.24, 2.45) is 5.73 Å².